The smallest absolute Gasteiger partial charge is 0.122 e. The maximum atomic E-state index is 5.59. The summed E-state index contributed by atoms with van der Waals surface area (Å²) >= 11 is 0. The SMILES string of the molecule is CC(C)Oc1ccc(C2=NN=C(N)CC2)cc1. The molecule has 1 aromatic carbocycles. The van der Waals surface area contributed by atoms with Crippen LogP contribution in [0.15, 0.2) is 34.5 Å². The van der Waals surface area contributed by atoms with Crippen LogP contribution in [0.5, 0.6) is 5.75 Å². The van der Waals surface area contributed by atoms with Crippen LogP contribution in [0.1, 0.15) is 32.3 Å². The zero-order chi connectivity index (χ0) is 12.3. The van der Waals surface area contributed by atoms with E-state index in [-0.39, 0.29) is 6.10 Å². The van der Waals surface area contributed by atoms with Gasteiger partial charge in [0.1, 0.15) is 11.6 Å². The lowest BCUT2D eigenvalue weighted by molar-refractivity contribution is 0.242. The Morgan fingerprint density at radius 2 is 1.82 bits per heavy atom. The summed E-state index contributed by atoms with van der Waals surface area (Å²) in [6.07, 6.45) is 1.82. The van der Waals surface area contributed by atoms with Crippen molar-refractivity contribution in [2.45, 2.75) is 32.8 Å². The van der Waals surface area contributed by atoms with Gasteiger partial charge in [0.25, 0.3) is 0 Å². The number of rotatable bonds is 3. The third kappa shape index (κ3) is 3.06. The average Bonchev–Trinajstić information content (AvgIpc) is 2.30. The van der Waals surface area contributed by atoms with Gasteiger partial charge in [-0.1, -0.05) is 0 Å². The first-order valence-corrected chi connectivity index (χ1v) is 5.81. The van der Waals surface area contributed by atoms with Crippen molar-refractivity contribution in [1.29, 1.82) is 0 Å². The molecular weight excluding hydrogens is 214 g/mol. The van der Waals surface area contributed by atoms with E-state index >= 15 is 0 Å². The topological polar surface area (TPSA) is 60.0 Å². The molecule has 1 heterocycles. The molecular formula is C13H17N3O. The second kappa shape index (κ2) is 4.99. The van der Waals surface area contributed by atoms with Gasteiger partial charge in [0.05, 0.1) is 11.8 Å². The molecule has 2 N–H and O–H groups in total. The van der Waals surface area contributed by atoms with Crippen molar-refractivity contribution >= 4 is 11.5 Å². The Morgan fingerprint density at radius 3 is 2.35 bits per heavy atom. The molecule has 4 heteroatoms. The van der Waals surface area contributed by atoms with Crippen LogP contribution in [0, 0.1) is 0 Å². The van der Waals surface area contributed by atoms with Crippen molar-refractivity contribution in [2.24, 2.45) is 15.9 Å². The standard InChI is InChI=1S/C13H17N3O/c1-9(2)17-11-5-3-10(4-6-11)12-7-8-13(14)16-15-12/h3-6,9H,7-8H2,1-2H3,(H2,14,16). The summed E-state index contributed by atoms with van der Waals surface area (Å²) in [6, 6.07) is 7.93. The van der Waals surface area contributed by atoms with Gasteiger partial charge < -0.3 is 10.5 Å². The summed E-state index contributed by atoms with van der Waals surface area (Å²) in [6.45, 7) is 4.02. The maximum absolute atomic E-state index is 5.59. The summed E-state index contributed by atoms with van der Waals surface area (Å²) in [4.78, 5) is 0. The first-order valence-electron chi connectivity index (χ1n) is 5.81. The van der Waals surface area contributed by atoms with Crippen LogP contribution in [0.2, 0.25) is 0 Å². The van der Waals surface area contributed by atoms with E-state index in [1.54, 1.807) is 0 Å². The van der Waals surface area contributed by atoms with Gasteiger partial charge in [-0.05, 0) is 50.1 Å². The Bertz CT molecular complexity index is 446. The molecule has 2 rings (SSSR count). The van der Waals surface area contributed by atoms with Gasteiger partial charge >= 0.3 is 0 Å². The van der Waals surface area contributed by atoms with Crippen molar-refractivity contribution < 1.29 is 4.74 Å². The highest BCUT2D eigenvalue weighted by molar-refractivity contribution is 6.04. The number of hydrogen-bond donors (Lipinski definition) is 1. The van der Waals surface area contributed by atoms with Gasteiger partial charge in [0, 0.05) is 6.42 Å². The van der Waals surface area contributed by atoms with Gasteiger partial charge in [-0.25, -0.2) is 0 Å². The van der Waals surface area contributed by atoms with E-state index in [0.29, 0.717) is 5.84 Å². The minimum Gasteiger partial charge on any atom is -0.491 e. The molecule has 0 aromatic heterocycles. The molecule has 0 spiro atoms. The first-order chi connectivity index (χ1) is 8.15. The van der Waals surface area contributed by atoms with Crippen LogP contribution in [0.25, 0.3) is 0 Å². The number of nitrogens with zero attached hydrogens (tertiary/aromatic N) is 2. The van der Waals surface area contributed by atoms with Crippen LogP contribution in [-0.4, -0.2) is 17.7 Å². The van der Waals surface area contributed by atoms with E-state index in [9.17, 15) is 0 Å². The van der Waals surface area contributed by atoms with E-state index in [1.165, 1.54) is 0 Å². The molecule has 1 aromatic rings. The lowest BCUT2D eigenvalue weighted by Gasteiger charge is -2.12. The summed E-state index contributed by atoms with van der Waals surface area (Å²) < 4.78 is 5.59. The third-order valence-corrected chi connectivity index (χ3v) is 2.48. The molecule has 0 saturated carbocycles. The quantitative estimate of drug-likeness (QED) is 0.867. The summed E-state index contributed by atoms with van der Waals surface area (Å²) in [5, 5.41) is 8.02. The van der Waals surface area contributed by atoms with E-state index in [4.69, 9.17) is 10.5 Å². The van der Waals surface area contributed by atoms with Crippen molar-refractivity contribution in [3.8, 4) is 5.75 Å². The fourth-order valence-electron chi connectivity index (χ4n) is 1.67. The van der Waals surface area contributed by atoms with Crippen molar-refractivity contribution in [2.75, 3.05) is 0 Å². The van der Waals surface area contributed by atoms with Gasteiger partial charge in [0.2, 0.25) is 0 Å². The Balaban J connectivity index is 2.13. The predicted molar refractivity (Wildman–Crippen MR) is 69.6 cm³/mol. The highest BCUT2D eigenvalue weighted by atomic mass is 16.5. The first kappa shape index (κ1) is 11.6. The van der Waals surface area contributed by atoms with Crippen LogP contribution >= 0.6 is 0 Å². The molecule has 0 amide bonds. The van der Waals surface area contributed by atoms with E-state index in [1.807, 2.05) is 38.1 Å². The summed E-state index contributed by atoms with van der Waals surface area (Å²) in [7, 11) is 0. The summed E-state index contributed by atoms with van der Waals surface area (Å²) in [5.41, 5.74) is 7.64. The van der Waals surface area contributed by atoms with E-state index in [2.05, 4.69) is 10.2 Å². The Kier molecular flexibility index (Phi) is 3.42. The molecule has 0 bridgehead atoms. The molecule has 17 heavy (non-hydrogen) atoms. The largest absolute Gasteiger partial charge is 0.491 e. The van der Waals surface area contributed by atoms with Gasteiger partial charge in [-0.2, -0.15) is 5.10 Å². The van der Waals surface area contributed by atoms with Crippen LogP contribution in [0.3, 0.4) is 0 Å². The van der Waals surface area contributed by atoms with Crippen LogP contribution in [-0.2, 0) is 0 Å². The number of benzene rings is 1. The van der Waals surface area contributed by atoms with E-state index in [0.717, 1.165) is 29.9 Å². The number of hydrogen-bond acceptors (Lipinski definition) is 4. The molecule has 0 unspecified atom stereocenters. The maximum Gasteiger partial charge on any atom is 0.122 e. The van der Waals surface area contributed by atoms with Crippen molar-refractivity contribution in [3.63, 3.8) is 0 Å². The molecule has 4 nitrogen and oxygen atoms in total. The predicted octanol–water partition coefficient (Wildman–Crippen LogP) is 2.33. The molecule has 1 aliphatic rings. The molecule has 1 aliphatic heterocycles. The normalized spacial score (nSPS) is 15.5. The monoisotopic (exact) mass is 231 g/mol. The minimum absolute atomic E-state index is 0.192. The fourth-order valence-corrected chi connectivity index (χ4v) is 1.67. The molecule has 0 aliphatic carbocycles. The average molecular weight is 231 g/mol. The fraction of sp³-hybridized carbons (Fsp3) is 0.385. The number of ether oxygens (including phenoxy) is 1. The highest BCUT2D eigenvalue weighted by Gasteiger charge is 2.09. The number of nitrogens with two attached hydrogens (primary N) is 1. The van der Waals surface area contributed by atoms with Crippen molar-refractivity contribution in [3.05, 3.63) is 29.8 Å². The highest BCUT2D eigenvalue weighted by Crippen LogP contribution is 2.17. The molecule has 0 atom stereocenters. The number of amidine groups is 1. The van der Waals surface area contributed by atoms with Crippen LogP contribution in [0.4, 0.5) is 0 Å². The van der Waals surface area contributed by atoms with E-state index < -0.39 is 0 Å². The Hall–Kier alpha value is -1.84. The second-order valence-electron chi connectivity index (χ2n) is 4.33. The minimum atomic E-state index is 0.192. The molecule has 90 valence electrons. The summed E-state index contributed by atoms with van der Waals surface area (Å²) in [5.74, 6) is 1.48. The Morgan fingerprint density at radius 1 is 1.12 bits per heavy atom. The van der Waals surface area contributed by atoms with Crippen LogP contribution < -0.4 is 10.5 Å². The van der Waals surface area contributed by atoms with Gasteiger partial charge in [-0.3, -0.25) is 0 Å². The second-order valence-corrected chi connectivity index (χ2v) is 4.33. The molecule has 0 radical (unpaired) electrons. The zero-order valence-electron chi connectivity index (χ0n) is 10.2. The zero-order valence-corrected chi connectivity index (χ0v) is 10.2. The third-order valence-electron chi connectivity index (χ3n) is 2.48. The Labute approximate surface area is 101 Å². The molecule has 0 fully saturated rings. The van der Waals surface area contributed by atoms with Gasteiger partial charge in [0.15, 0.2) is 0 Å². The van der Waals surface area contributed by atoms with Crippen molar-refractivity contribution in [1.82, 2.24) is 0 Å². The molecule has 0 saturated heterocycles. The lowest BCUT2D eigenvalue weighted by Crippen LogP contribution is -2.17. The van der Waals surface area contributed by atoms with Gasteiger partial charge in [-0.15, -0.1) is 5.10 Å². The lowest BCUT2D eigenvalue weighted by atomic mass is 10.0.